The van der Waals surface area contributed by atoms with Crippen molar-refractivity contribution in [3.63, 3.8) is 0 Å². The minimum absolute atomic E-state index is 0.0792. The summed E-state index contributed by atoms with van der Waals surface area (Å²) in [5.74, 6) is -4.93. The van der Waals surface area contributed by atoms with E-state index in [-0.39, 0.29) is 49.0 Å². The Hall–Kier alpha value is -3.76. The first kappa shape index (κ1) is 39.7. The highest BCUT2D eigenvalue weighted by Crippen LogP contribution is 2.32. The van der Waals surface area contributed by atoms with Crippen LogP contribution in [0, 0.1) is 0 Å². The van der Waals surface area contributed by atoms with Crippen molar-refractivity contribution < 1.29 is 34.8 Å². The lowest BCUT2D eigenvalue weighted by Gasteiger charge is -2.27. The van der Waals surface area contributed by atoms with E-state index in [2.05, 4.69) is 16.7 Å². The lowest BCUT2D eigenvalue weighted by atomic mass is 9.85. The summed E-state index contributed by atoms with van der Waals surface area (Å²) in [6.45, 7) is 1.91. The highest BCUT2D eigenvalue weighted by molar-refractivity contribution is 7.92. The number of benzene rings is 1. The maximum atomic E-state index is 14.8. The minimum atomic E-state index is -2.76. The third-order valence-electron chi connectivity index (χ3n) is 7.72. The fourth-order valence-corrected chi connectivity index (χ4v) is 6.99. The van der Waals surface area contributed by atoms with Crippen LogP contribution in [0.3, 0.4) is 0 Å². The molecule has 0 aliphatic heterocycles. The summed E-state index contributed by atoms with van der Waals surface area (Å²) < 4.78 is 93.5. The molecule has 0 radical (unpaired) electrons. The second-order valence-corrected chi connectivity index (χ2v) is 12.9. The molecule has 0 spiro atoms. The average Bonchev–Trinajstić information content (AvgIpc) is 3.11. The van der Waals surface area contributed by atoms with Gasteiger partial charge in [0.25, 0.3) is 5.56 Å². The van der Waals surface area contributed by atoms with Gasteiger partial charge in [0.05, 0.1) is 37.5 Å². The van der Waals surface area contributed by atoms with Gasteiger partial charge >= 0.3 is 0 Å². The van der Waals surface area contributed by atoms with Crippen LogP contribution >= 0.6 is 12.3 Å². The zero-order valence-corrected chi connectivity index (χ0v) is 28.7. The minimum Gasteiger partial charge on any atom is -0.305 e. The molecule has 2 aromatic heterocycles. The number of halogens is 6. The number of alkyl halides is 2. The maximum Gasteiger partial charge on any atom is 0.287 e. The van der Waals surface area contributed by atoms with Crippen molar-refractivity contribution in [1.82, 2.24) is 18.5 Å². The molecule has 8 nitrogen and oxygen atoms in total. The first-order valence-electron chi connectivity index (χ1n) is 15.4. The number of pyridine rings is 1. The number of nitrogens with zero attached hydrogens (tertiary/aromatic N) is 5. The molecule has 3 aromatic rings. The Balaban J connectivity index is 0.00000319. The molecule has 0 saturated heterocycles. The van der Waals surface area contributed by atoms with Gasteiger partial charge in [0.1, 0.15) is 34.2 Å². The number of amides is 1. The number of rotatable bonds is 14. The summed E-state index contributed by atoms with van der Waals surface area (Å²) in [5.41, 5.74) is 1.17. The van der Waals surface area contributed by atoms with Gasteiger partial charge in [-0.1, -0.05) is 38.8 Å². The van der Waals surface area contributed by atoms with E-state index in [1.165, 1.54) is 35.7 Å². The molecule has 49 heavy (non-hydrogen) atoms. The first-order valence-corrected chi connectivity index (χ1v) is 17.1. The van der Waals surface area contributed by atoms with Crippen LogP contribution in [0.2, 0.25) is 0 Å². The lowest BCUT2D eigenvalue weighted by Crippen LogP contribution is -2.42. The molecule has 16 heteroatoms. The average molecular weight is 730 g/mol. The van der Waals surface area contributed by atoms with Gasteiger partial charge in [-0.2, -0.15) is 5.10 Å². The van der Waals surface area contributed by atoms with Crippen LogP contribution in [0.1, 0.15) is 62.6 Å². The van der Waals surface area contributed by atoms with Crippen molar-refractivity contribution in [2.45, 2.75) is 57.9 Å². The lowest BCUT2D eigenvalue weighted by molar-refractivity contribution is -0.118. The molecule has 1 amide bonds. The predicted molar refractivity (Wildman–Crippen MR) is 182 cm³/mol. The Morgan fingerprint density at radius 1 is 1.12 bits per heavy atom. The fourth-order valence-electron chi connectivity index (χ4n) is 5.44. The smallest absolute Gasteiger partial charge is 0.287 e. The summed E-state index contributed by atoms with van der Waals surface area (Å²) in [5, 5.41) is 4.21. The van der Waals surface area contributed by atoms with Gasteiger partial charge in [0.15, 0.2) is 18.2 Å². The van der Waals surface area contributed by atoms with Gasteiger partial charge in [0, 0.05) is 29.9 Å². The highest BCUT2D eigenvalue weighted by Gasteiger charge is 2.29. The number of hydrogen-bond donors (Lipinski definition) is 0. The summed E-state index contributed by atoms with van der Waals surface area (Å²) in [4.78, 5) is 31.2. The second-order valence-electron chi connectivity index (χ2n) is 11.0. The maximum absolute atomic E-state index is 14.8. The molecule has 2 heterocycles. The van der Waals surface area contributed by atoms with Crippen molar-refractivity contribution in [2.24, 2.45) is 0 Å². The van der Waals surface area contributed by atoms with E-state index >= 15 is 0 Å². The number of carbonyl (C=O) groups is 1. The second kappa shape index (κ2) is 19.4. The molecule has 4 rings (SSSR count). The topological polar surface area (TPSA) is 88.4 Å². The van der Waals surface area contributed by atoms with Crippen molar-refractivity contribution in [3.05, 3.63) is 99.4 Å². The molecule has 1 atom stereocenters. The Kier molecular flexibility index (Phi) is 15.7. The van der Waals surface area contributed by atoms with E-state index < -0.39 is 58.1 Å². The van der Waals surface area contributed by atoms with Crippen molar-refractivity contribution in [2.75, 3.05) is 31.8 Å². The number of fused-ring (bicyclic) bond motifs is 1. The van der Waals surface area contributed by atoms with E-state index in [4.69, 9.17) is 0 Å². The van der Waals surface area contributed by atoms with Gasteiger partial charge < -0.3 is 4.90 Å². The molecule has 1 fully saturated rings. The van der Waals surface area contributed by atoms with Crippen LogP contribution in [0.25, 0.3) is 10.8 Å². The molecular weight excluding hydrogens is 693 g/mol. The quantitative estimate of drug-likeness (QED) is 0.123. The van der Waals surface area contributed by atoms with E-state index in [0.29, 0.717) is 28.3 Å². The van der Waals surface area contributed by atoms with Gasteiger partial charge in [-0.3, -0.25) is 19.0 Å². The zero-order valence-electron chi connectivity index (χ0n) is 27.0. The fraction of sp³-hybridized carbons (Fsp3) is 0.394. The van der Waals surface area contributed by atoms with Crippen LogP contribution < -0.4 is 10.5 Å². The van der Waals surface area contributed by atoms with Gasteiger partial charge in [-0.15, -0.1) is 7.97 Å². The van der Waals surface area contributed by atoms with Crippen LogP contribution in [0.4, 0.5) is 31.5 Å². The number of carbonyl (C=O) groups excluding carboxylic acids is 1. The zero-order chi connectivity index (χ0) is 36.1. The van der Waals surface area contributed by atoms with Gasteiger partial charge in [-0.05, 0) is 55.0 Å². The van der Waals surface area contributed by atoms with Crippen LogP contribution in [0.5, 0.6) is 0 Å². The van der Waals surface area contributed by atoms with E-state index in [0.717, 1.165) is 35.6 Å². The summed E-state index contributed by atoms with van der Waals surface area (Å²) in [7, 11) is -2.26. The molecule has 0 N–H and O–H groups in total. The number of allylic oxidation sites excluding steroid dienone is 4. The normalized spacial score (nSPS) is 15.0. The van der Waals surface area contributed by atoms with Crippen LogP contribution in [0.15, 0.2) is 82.6 Å². The van der Waals surface area contributed by atoms with Gasteiger partial charge in [-0.25, -0.2) is 26.1 Å². The van der Waals surface area contributed by atoms with Crippen molar-refractivity contribution in [1.29, 1.82) is 0 Å². The number of hydrogen-bond acceptors (Lipinski definition) is 6. The molecular formula is C33H37F6N5O3S2. The summed E-state index contributed by atoms with van der Waals surface area (Å²) in [6.07, 6.45) is 9.13. The largest absolute Gasteiger partial charge is 0.305 e. The van der Waals surface area contributed by atoms with E-state index in [1.807, 2.05) is 6.07 Å². The molecule has 0 bridgehead atoms. The monoisotopic (exact) mass is 729 g/mol. The Morgan fingerprint density at radius 3 is 2.43 bits per heavy atom. The Morgan fingerprint density at radius 2 is 1.84 bits per heavy atom. The van der Waals surface area contributed by atoms with E-state index in [1.54, 1.807) is 19.2 Å². The SMILES string of the molecule is C=C(F)/C=C(F)\C(=C(\F)CF)S(=O)N(CCC)CC(=O)N(Cc1ccc(C2CCCCC2)cn1)c1ccc2c(=O)n(SF)ncc2c1.CF. The molecule has 1 aromatic carbocycles. The number of anilines is 1. The third kappa shape index (κ3) is 10.4. The summed E-state index contributed by atoms with van der Waals surface area (Å²) >= 11 is -0.361. The summed E-state index contributed by atoms with van der Waals surface area (Å²) in [6, 6.07) is 8.13. The molecule has 1 aliphatic rings. The van der Waals surface area contributed by atoms with Gasteiger partial charge in [0.2, 0.25) is 5.91 Å². The number of aromatic nitrogens is 3. The molecule has 1 saturated carbocycles. The van der Waals surface area contributed by atoms with E-state index in [9.17, 15) is 39.6 Å². The van der Waals surface area contributed by atoms with Crippen LogP contribution in [-0.2, 0) is 22.3 Å². The molecule has 1 aliphatic carbocycles. The van der Waals surface area contributed by atoms with Crippen molar-refractivity contribution >= 4 is 45.7 Å². The third-order valence-corrected chi connectivity index (χ3v) is 9.66. The van der Waals surface area contributed by atoms with Crippen molar-refractivity contribution in [3.8, 4) is 0 Å². The molecule has 266 valence electrons. The standard InChI is InChI=1S/C32H34F5N5O3S2.CH3F/c1-3-13-40(47(45)31(29(36)16-33)28(35)14-21(2)34)20-30(43)41(19-25-10-9-23(17-38-25)22-7-5-4-6-8-22)26-11-12-27-24(15-26)18-39-42(46-37)32(27)44;1-2/h9-12,14-15,17-18,22H,2-8,13,16,19-20H2,1H3;1H3/b28-14+,31-29-;. The Bertz CT molecular complexity index is 1750. The predicted octanol–water partition coefficient (Wildman–Crippen LogP) is 8.20. The first-order chi connectivity index (χ1) is 23.6. The molecule has 1 unspecified atom stereocenters. The Labute approximate surface area is 287 Å². The van der Waals surface area contributed by atoms with Crippen LogP contribution in [-0.4, -0.2) is 55.5 Å². The highest BCUT2D eigenvalue weighted by atomic mass is 32.2.